The second kappa shape index (κ2) is 8.54. The second-order valence-corrected chi connectivity index (χ2v) is 7.53. The minimum absolute atomic E-state index is 0.0600. The molecular formula is C20H30N4O2. The highest BCUT2D eigenvalue weighted by Gasteiger charge is 2.23. The van der Waals surface area contributed by atoms with Crippen LogP contribution in [0.15, 0.2) is 24.3 Å². The first kappa shape index (κ1) is 18.7. The minimum atomic E-state index is 0.0600. The van der Waals surface area contributed by atoms with Crippen LogP contribution in [0.5, 0.6) is 0 Å². The first-order valence-electron chi connectivity index (χ1n) is 9.60. The molecule has 0 bridgehead atoms. The zero-order chi connectivity index (χ0) is 18.5. The second-order valence-electron chi connectivity index (χ2n) is 7.53. The van der Waals surface area contributed by atoms with Crippen LogP contribution in [0.3, 0.4) is 0 Å². The van der Waals surface area contributed by atoms with Crippen molar-refractivity contribution in [1.82, 2.24) is 15.1 Å². The molecule has 2 aliphatic heterocycles. The lowest BCUT2D eigenvalue weighted by atomic mass is 9.99. The third-order valence-electron chi connectivity index (χ3n) is 5.47. The zero-order valence-corrected chi connectivity index (χ0v) is 15.9. The number of hydrogen-bond acceptors (Lipinski definition) is 4. The Hall–Kier alpha value is -2.08. The third-order valence-corrected chi connectivity index (χ3v) is 5.47. The fourth-order valence-corrected chi connectivity index (χ4v) is 3.86. The lowest BCUT2D eigenvalue weighted by molar-refractivity contribution is 0.101. The van der Waals surface area contributed by atoms with E-state index >= 15 is 0 Å². The van der Waals surface area contributed by atoms with E-state index in [9.17, 15) is 9.59 Å². The SMILES string of the molecule is CC(=O)c1ccc(N2CCN(C(=O)NC[C@@H]3CCCN(C)C3)CC2)cc1. The van der Waals surface area contributed by atoms with Crippen LogP contribution in [0, 0.1) is 5.92 Å². The predicted molar refractivity (Wildman–Crippen MR) is 104 cm³/mol. The summed E-state index contributed by atoms with van der Waals surface area (Å²) in [5.74, 6) is 0.654. The van der Waals surface area contributed by atoms with E-state index in [1.54, 1.807) is 6.92 Å². The number of carbonyl (C=O) groups is 2. The van der Waals surface area contributed by atoms with Crippen molar-refractivity contribution in [2.75, 3.05) is 57.8 Å². The fourth-order valence-electron chi connectivity index (χ4n) is 3.86. The van der Waals surface area contributed by atoms with Crippen LogP contribution < -0.4 is 10.2 Å². The molecule has 2 saturated heterocycles. The van der Waals surface area contributed by atoms with Crippen molar-refractivity contribution < 1.29 is 9.59 Å². The molecule has 1 aromatic carbocycles. The van der Waals surface area contributed by atoms with Gasteiger partial charge in [-0.15, -0.1) is 0 Å². The smallest absolute Gasteiger partial charge is 0.317 e. The van der Waals surface area contributed by atoms with Gasteiger partial charge in [0.1, 0.15) is 0 Å². The van der Waals surface area contributed by atoms with Gasteiger partial charge >= 0.3 is 6.03 Å². The molecule has 0 unspecified atom stereocenters. The standard InChI is InChI=1S/C20H30N4O2/c1-16(25)18-5-7-19(8-6-18)23-10-12-24(13-11-23)20(26)21-14-17-4-3-9-22(2)15-17/h5-8,17H,3-4,9-15H2,1-2H3,(H,21,26)/t17-/m0/s1. The van der Waals surface area contributed by atoms with Gasteiger partial charge in [0.25, 0.3) is 0 Å². The average molecular weight is 358 g/mol. The van der Waals surface area contributed by atoms with Crippen molar-refractivity contribution in [2.45, 2.75) is 19.8 Å². The molecule has 6 nitrogen and oxygen atoms in total. The molecule has 2 fully saturated rings. The quantitative estimate of drug-likeness (QED) is 0.837. The summed E-state index contributed by atoms with van der Waals surface area (Å²) in [6, 6.07) is 7.79. The Morgan fingerprint density at radius 2 is 1.77 bits per heavy atom. The van der Waals surface area contributed by atoms with Gasteiger partial charge < -0.3 is 20.0 Å². The number of rotatable bonds is 4. The molecule has 26 heavy (non-hydrogen) atoms. The number of piperazine rings is 1. The maximum absolute atomic E-state index is 12.4. The van der Waals surface area contributed by atoms with Gasteiger partial charge in [-0.25, -0.2) is 4.79 Å². The average Bonchev–Trinajstić information content (AvgIpc) is 2.66. The number of hydrogen-bond donors (Lipinski definition) is 1. The first-order valence-corrected chi connectivity index (χ1v) is 9.60. The Kier molecular flexibility index (Phi) is 6.14. The molecule has 2 amide bonds. The minimum Gasteiger partial charge on any atom is -0.368 e. The van der Waals surface area contributed by atoms with E-state index in [1.807, 2.05) is 29.2 Å². The number of urea groups is 1. The van der Waals surface area contributed by atoms with Gasteiger partial charge in [-0.1, -0.05) is 0 Å². The Morgan fingerprint density at radius 3 is 2.38 bits per heavy atom. The number of ketones is 1. The highest BCUT2D eigenvalue weighted by atomic mass is 16.2. The number of Topliss-reactive ketones (excluding diaryl/α,β-unsaturated/α-hetero) is 1. The molecule has 1 N–H and O–H groups in total. The van der Waals surface area contributed by atoms with Crippen molar-refractivity contribution in [3.63, 3.8) is 0 Å². The first-order chi connectivity index (χ1) is 12.5. The fraction of sp³-hybridized carbons (Fsp3) is 0.600. The number of anilines is 1. The lowest BCUT2D eigenvalue weighted by Gasteiger charge is -2.36. The highest BCUT2D eigenvalue weighted by molar-refractivity contribution is 5.94. The maximum Gasteiger partial charge on any atom is 0.317 e. The van der Waals surface area contributed by atoms with E-state index in [0.29, 0.717) is 5.92 Å². The summed E-state index contributed by atoms with van der Waals surface area (Å²) < 4.78 is 0. The number of amides is 2. The van der Waals surface area contributed by atoms with Crippen molar-refractivity contribution >= 4 is 17.5 Å². The number of carbonyl (C=O) groups excluding carboxylic acids is 2. The summed E-state index contributed by atoms with van der Waals surface area (Å²) in [5.41, 5.74) is 1.85. The third kappa shape index (κ3) is 4.75. The number of benzene rings is 1. The van der Waals surface area contributed by atoms with Crippen molar-refractivity contribution in [1.29, 1.82) is 0 Å². The van der Waals surface area contributed by atoms with E-state index in [2.05, 4.69) is 22.2 Å². The summed E-state index contributed by atoms with van der Waals surface area (Å²) >= 11 is 0. The van der Waals surface area contributed by atoms with Crippen molar-refractivity contribution in [3.8, 4) is 0 Å². The molecule has 1 aromatic rings. The lowest BCUT2D eigenvalue weighted by Crippen LogP contribution is -2.52. The van der Waals surface area contributed by atoms with Crippen LogP contribution in [0.4, 0.5) is 10.5 Å². The van der Waals surface area contributed by atoms with Crippen LogP contribution in [0.1, 0.15) is 30.1 Å². The number of piperidine rings is 1. The number of nitrogens with zero attached hydrogens (tertiary/aromatic N) is 3. The summed E-state index contributed by atoms with van der Waals surface area (Å²) in [6.07, 6.45) is 2.42. The van der Waals surface area contributed by atoms with Crippen molar-refractivity contribution in [3.05, 3.63) is 29.8 Å². The van der Waals surface area contributed by atoms with E-state index in [1.165, 1.54) is 19.4 Å². The molecule has 6 heteroatoms. The molecule has 142 valence electrons. The molecule has 0 spiro atoms. The Morgan fingerprint density at radius 1 is 1.08 bits per heavy atom. The number of likely N-dealkylation sites (tertiary alicyclic amines) is 1. The Bertz CT molecular complexity index is 623. The summed E-state index contributed by atoms with van der Waals surface area (Å²) in [6.45, 7) is 7.69. The van der Waals surface area contributed by atoms with Crippen LogP contribution in [-0.4, -0.2) is 74.5 Å². The molecule has 0 radical (unpaired) electrons. The van der Waals surface area contributed by atoms with Crippen LogP contribution in [0.25, 0.3) is 0 Å². The highest BCUT2D eigenvalue weighted by Crippen LogP contribution is 2.18. The molecule has 0 aliphatic carbocycles. The van der Waals surface area contributed by atoms with Gasteiger partial charge in [-0.3, -0.25) is 4.79 Å². The summed E-state index contributed by atoms with van der Waals surface area (Å²) in [7, 11) is 2.15. The molecule has 0 aromatic heterocycles. The molecule has 2 aliphatic rings. The van der Waals surface area contributed by atoms with E-state index in [-0.39, 0.29) is 11.8 Å². The Balaban J connectivity index is 1.44. The molecule has 3 rings (SSSR count). The topological polar surface area (TPSA) is 55.9 Å². The monoisotopic (exact) mass is 358 g/mol. The number of nitrogens with one attached hydrogen (secondary N) is 1. The van der Waals surface area contributed by atoms with Gasteiger partial charge in [0, 0.05) is 50.5 Å². The van der Waals surface area contributed by atoms with Crippen LogP contribution >= 0.6 is 0 Å². The van der Waals surface area contributed by atoms with E-state index in [4.69, 9.17) is 0 Å². The Labute approximate surface area is 156 Å². The van der Waals surface area contributed by atoms with E-state index in [0.717, 1.165) is 50.5 Å². The van der Waals surface area contributed by atoms with Crippen LogP contribution in [-0.2, 0) is 0 Å². The predicted octanol–water partition coefficient (Wildman–Crippen LogP) is 2.06. The van der Waals surface area contributed by atoms with Crippen molar-refractivity contribution in [2.24, 2.45) is 5.92 Å². The maximum atomic E-state index is 12.4. The molecule has 2 heterocycles. The van der Waals surface area contributed by atoms with Gasteiger partial charge in [0.15, 0.2) is 5.78 Å². The molecule has 1 atom stereocenters. The summed E-state index contributed by atoms with van der Waals surface area (Å²) in [5, 5.41) is 3.12. The largest absolute Gasteiger partial charge is 0.368 e. The normalized spacial score (nSPS) is 21.5. The van der Waals surface area contributed by atoms with Gasteiger partial charge in [0.2, 0.25) is 0 Å². The van der Waals surface area contributed by atoms with Crippen LogP contribution in [0.2, 0.25) is 0 Å². The molecular weight excluding hydrogens is 328 g/mol. The van der Waals surface area contributed by atoms with Gasteiger partial charge in [-0.2, -0.15) is 0 Å². The van der Waals surface area contributed by atoms with Gasteiger partial charge in [0.05, 0.1) is 0 Å². The summed E-state index contributed by atoms with van der Waals surface area (Å²) in [4.78, 5) is 30.3. The molecule has 0 saturated carbocycles. The van der Waals surface area contributed by atoms with Gasteiger partial charge in [-0.05, 0) is 63.5 Å². The van der Waals surface area contributed by atoms with E-state index < -0.39 is 0 Å². The zero-order valence-electron chi connectivity index (χ0n) is 15.9.